The fourth-order valence-corrected chi connectivity index (χ4v) is 3.14. The van der Waals surface area contributed by atoms with Gasteiger partial charge in [-0.2, -0.15) is 0 Å². The molecule has 0 heterocycles. The van der Waals surface area contributed by atoms with Crippen molar-refractivity contribution in [3.8, 4) is 0 Å². The monoisotopic (exact) mass is 225 g/mol. The molecule has 0 saturated heterocycles. The average Bonchev–Trinajstić information content (AvgIpc) is 2.73. The maximum Gasteiger partial charge on any atom is -0.00489 e. The minimum atomic E-state index is 0.902. The van der Waals surface area contributed by atoms with Crippen LogP contribution in [0.5, 0.6) is 0 Å². The zero-order valence-electron chi connectivity index (χ0n) is 11.8. The van der Waals surface area contributed by atoms with E-state index in [0.29, 0.717) is 0 Å². The van der Waals surface area contributed by atoms with E-state index in [-0.39, 0.29) is 0 Å². The second-order valence-corrected chi connectivity index (χ2v) is 6.05. The number of rotatable bonds is 7. The highest BCUT2D eigenvalue weighted by Gasteiger charge is 2.29. The molecule has 3 atom stereocenters. The first kappa shape index (κ1) is 14.0. The van der Waals surface area contributed by atoms with E-state index >= 15 is 0 Å². The Kier molecular flexibility index (Phi) is 6.41. The summed E-state index contributed by atoms with van der Waals surface area (Å²) in [5.41, 5.74) is 0. The van der Waals surface area contributed by atoms with Gasteiger partial charge in [-0.25, -0.2) is 0 Å². The van der Waals surface area contributed by atoms with E-state index < -0.39 is 0 Å². The Morgan fingerprint density at radius 2 is 1.81 bits per heavy atom. The largest absolute Gasteiger partial charge is 0.317 e. The van der Waals surface area contributed by atoms with Gasteiger partial charge in [0.05, 0.1) is 0 Å². The van der Waals surface area contributed by atoms with Crippen molar-refractivity contribution in [1.82, 2.24) is 5.32 Å². The van der Waals surface area contributed by atoms with Gasteiger partial charge in [-0.1, -0.05) is 27.7 Å². The van der Waals surface area contributed by atoms with Gasteiger partial charge in [0.2, 0.25) is 0 Å². The fourth-order valence-electron chi connectivity index (χ4n) is 3.14. The van der Waals surface area contributed by atoms with Gasteiger partial charge < -0.3 is 5.32 Å². The normalized spacial score (nSPS) is 27.6. The van der Waals surface area contributed by atoms with Gasteiger partial charge in [-0.3, -0.25) is 0 Å². The molecule has 0 amide bonds. The van der Waals surface area contributed by atoms with Gasteiger partial charge in [0, 0.05) is 0 Å². The Balaban J connectivity index is 2.15. The first-order valence-electron chi connectivity index (χ1n) is 7.35. The maximum atomic E-state index is 3.42. The van der Waals surface area contributed by atoms with Gasteiger partial charge >= 0.3 is 0 Å². The van der Waals surface area contributed by atoms with Gasteiger partial charge in [0.25, 0.3) is 0 Å². The van der Waals surface area contributed by atoms with E-state index in [0.717, 1.165) is 30.2 Å². The van der Waals surface area contributed by atoms with Crippen LogP contribution in [0.2, 0.25) is 0 Å². The zero-order chi connectivity index (χ0) is 12.0. The van der Waals surface area contributed by atoms with E-state index in [1.165, 1.54) is 38.6 Å². The molecule has 1 rings (SSSR count). The van der Waals surface area contributed by atoms with Crippen molar-refractivity contribution in [3.05, 3.63) is 0 Å². The van der Waals surface area contributed by atoms with E-state index in [2.05, 4.69) is 33.0 Å². The smallest absolute Gasteiger partial charge is 0.00489 e. The molecule has 1 aliphatic rings. The van der Waals surface area contributed by atoms with Crippen LogP contribution >= 0.6 is 0 Å². The molecule has 96 valence electrons. The van der Waals surface area contributed by atoms with Crippen LogP contribution in [0.4, 0.5) is 0 Å². The Bertz CT molecular complexity index is 176. The van der Waals surface area contributed by atoms with Crippen LogP contribution in [0.25, 0.3) is 0 Å². The Morgan fingerprint density at radius 3 is 2.38 bits per heavy atom. The van der Waals surface area contributed by atoms with Crippen LogP contribution in [0.15, 0.2) is 0 Å². The molecule has 1 N–H and O–H groups in total. The van der Waals surface area contributed by atoms with Crippen molar-refractivity contribution >= 4 is 0 Å². The minimum absolute atomic E-state index is 0.902. The van der Waals surface area contributed by atoms with Crippen LogP contribution < -0.4 is 5.32 Å². The second kappa shape index (κ2) is 7.32. The van der Waals surface area contributed by atoms with Crippen LogP contribution in [0, 0.1) is 23.7 Å². The van der Waals surface area contributed by atoms with Crippen molar-refractivity contribution < 1.29 is 0 Å². The predicted molar refractivity (Wildman–Crippen MR) is 72.6 cm³/mol. The third-order valence-electron chi connectivity index (χ3n) is 4.52. The molecule has 3 unspecified atom stereocenters. The highest BCUT2D eigenvalue weighted by molar-refractivity contribution is 4.80. The van der Waals surface area contributed by atoms with Crippen molar-refractivity contribution in [3.63, 3.8) is 0 Å². The third kappa shape index (κ3) is 4.45. The molecule has 1 fully saturated rings. The van der Waals surface area contributed by atoms with Gasteiger partial charge in [-0.15, -0.1) is 0 Å². The van der Waals surface area contributed by atoms with E-state index in [9.17, 15) is 0 Å². The summed E-state index contributed by atoms with van der Waals surface area (Å²) in [6.07, 6.45) is 7.26. The molecule has 1 nitrogen and oxygen atoms in total. The fraction of sp³-hybridized carbons (Fsp3) is 1.00. The minimum Gasteiger partial charge on any atom is -0.317 e. The van der Waals surface area contributed by atoms with Gasteiger partial charge in [0.15, 0.2) is 0 Å². The quantitative estimate of drug-likeness (QED) is 0.644. The average molecular weight is 225 g/mol. The molecule has 0 bridgehead atoms. The van der Waals surface area contributed by atoms with Gasteiger partial charge in [-0.05, 0) is 68.9 Å². The second-order valence-electron chi connectivity index (χ2n) is 6.05. The third-order valence-corrected chi connectivity index (χ3v) is 4.52. The summed E-state index contributed by atoms with van der Waals surface area (Å²) in [5, 5.41) is 3.42. The number of hydrogen-bond donors (Lipinski definition) is 1. The Labute approximate surface area is 102 Å². The predicted octanol–water partition coefficient (Wildman–Crippen LogP) is 4.08. The topological polar surface area (TPSA) is 12.0 Å². The lowest BCUT2D eigenvalue weighted by atomic mass is 9.86. The van der Waals surface area contributed by atoms with E-state index in [4.69, 9.17) is 0 Å². The molecule has 1 saturated carbocycles. The van der Waals surface area contributed by atoms with Crippen molar-refractivity contribution in [1.29, 1.82) is 0 Å². The lowest BCUT2D eigenvalue weighted by Gasteiger charge is -2.20. The molecule has 0 aromatic heterocycles. The molecule has 0 aromatic carbocycles. The first-order chi connectivity index (χ1) is 7.65. The summed E-state index contributed by atoms with van der Waals surface area (Å²) < 4.78 is 0. The standard InChI is InChI=1S/C15H31N/c1-5-16-10-6-7-13(4)15-9-8-14(11-15)12(2)3/h12-16H,5-11H2,1-4H3. The maximum absolute atomic E-state index is 3.42. The SMILES string of the molecule is CCNCCCC(C)C1CCC(C(C)C)C1. The highest BCUT2D eigenvalue weighted by Crippen LogP contribution is 2.40. The van der Waals surface area contributed by atoms with Crippen LogP contribution in [-0.4, -0.2) is 13.1 Å². The van der Waals surface area contributed by atoms with Crippen molar-refractivity contribution in [2.75, 3.05) is 13.1 Å². The number of hydrogen-bond acceptors (Lipinski definition) is 1. The number of nitrogens with one attached hydrogen (secondary N) is 1. The molecule has 0 spiro atoms. The van der Waals surface area contributed by atoms with E-state index in [1.54, 1.807) is 0 Å². The molecule has 1 heteroatoms. The van der Waals surface area contributed by atoms with Crippen molar-refractivity contribution in [2.45, 2.75) is 59.8 Å². The van der Waals surface area contributed by atoms with Crippen LogP contribution in [0.1, 0.15) is 59.8 Å². The molecule has 1 aliphatic carbocycles. The summed E-state index contributed by atoms with van der Waals surface area (Å²) in [4.78, 5) is 0. The molecule has 0 aromatic rings. The lowest BCUT2D eigenvalue weighted by Crippen LogP contribution is -2.16. The summed E-state index contributed by atoms with van der Waals surface area (Å²) in [7, 11) is 0. The first-order valence-corrected chi connectivity index (χ1v) is 7.35. The summed E-state index contributed by atoms with van der Waals surface area (Å²) in [6.45, 7) is 11.8. The van der Waals surface area contributed by atoms with Crippen LogP contribution in [-0.2, 0) is 0 Å². The van der Waals surface area contributed by atoms with E-state index in [1.807, 2.05) is 0 Å². The Morgan fingerprint density at radius 1 is 1.12 bits per heavy atom. The highest BCUT2D eigenvalue weighted by atomic mass is 14.8. The Hall–Kier alpha value is -0.0400. The molecule has 0 radical (unpaired) electrons. The molecule has 0 aliphatic heterocycles. The molecular weight excluding hydrogens is 194 g/mol. The molecule has 16 heavy (non-hydrogen) atoms. The lowest BCUT2D eigenvalue weighted by molar-refractivity contribution is 0.307. The summed E-state index contributed by atoms with van der Waals surface area (Å²) in [5.74, 6) is 3.89. The zero-order valence-corrected chi connectivity index (χ0v) is 11.8. The summed E-state index contributed by atoms with van der Waals surface area (Å²) in [6, 6.07) is 0. The van der Waals surface area contributed by atoms with Gasteiger partial charge in [0.1, 0.15) is 0 Å². The van der Waals surface area contributed by atoms with Crippen LogP contribution in [0.3, 0.4) is 0 Å². The summed E-state index contributed by atoms with van der Waals surface area (Å²) >= 11 is 0. The van der Waals surface area contributed by atoms with Crippen molar-refractivity contribution in [2.24, 2.45) is 23.7 Å². The molecular formula is C15H31N.